The van der Waals surface area contributed by atoms with Gasteiger partial charge < -0.3 is 5.32 Å². The van der Waals surface area contributed by atoms with E-state index in [1.165, 1.54) is 0 Å². The van der Waals surface area contributed by atoms with E-state index in [1.54, 1.807) is 12.3 Å². The van der Waals surface area contributed by atoms with Crippen LogP contribution in [0.2, 0.25) is 0 Å². The summed E-state index contributed by atoms with van der Waals surface area (Å²) in [6.07, 6.45) is 3.22. The molecule has 1 aromatic heterocycles. The maximum Gasteiger partial charge on any atom is 0.225 e. The van der Waals surface area contributed by atoms with E-state index in [9.17, 15) is 4.79 Å². The molecule has 1 atom stereocenters. The van der Waals surface area contributed by atoms with E-state index in [0.29, 0.717) is 18.2 Å². The Labute approximate surface area is 96.8 Å². The van der Waals surface area contributed by atoms with E-state index in [-0.39, 0.29) is 11.3 Å². The summed E-state index contributed by atoms with van der Waals surface area (Å²) in [7, 11) is 0. The van der Waals surface area contributed by atoms with Gasteiger partial charge in [-0.25, -0.2) is 0 Å². The van der Waals surface area contributed by atoms with Crippen LogP contribution in [0, 0.1) is 11.3 Å². The number of aromatic nitrogens is 2. The summed E-state index contributed by atoms with van der Waals surface area (Å²) >= 11 is 0. The lowest BCUT2D eigenvalue weighted by Crippen LogP contribution is -2.19. The van der Waals surface area contributed by atoms with Crippen molar-refractivity contribution in [3.8, 4) is 0 Å². The second-order valence-corrected chi connectivity index (χ2v) is 5.59. The Hall–Kier alpha value is -1.32. The van der Waals surface area contributed by atoms with Gasteiger partial charge in [-0.15, -0.1) is 0 Å². The SMILES string of the molecule is CC(CC(=O)Nc1ccn[nH]1)CC(C)(C)C. The van der Waals surface area contributed by atoms with Crippen LogP contribution in [0.3, 0.4) is 0 Å². The maximum atomic E-state index is 11.6. The number of amides is 1. The Morgan fingerprint density at radius 2 is 2.25 bits per heavy atom. The number of carbonyl (C=O) groups is 1. The minimum Gasteiger partial charge on any atom is -0.311 e. The van der Waals surface area contributed by atoms with Gasteiger partial charge in [-0.05, 0) is 17.8 Å². The Kier molecular flexibility index (Phi) is 4.10. The maximum absolute atomic E-state index is 11.6. The van der Waals surface area contributed by atoms with Crippen LogP contribution in [0.1, 0.15) is 40.5 Å². The Bertz CT molecular complexity index is 325. The molecule has 4 heteroatoms. The van der Waals surface area contributed by atoms with Crippen molar-refractivity contribution in [1.29, 1.82) is 0 Å². The number of nitrogens with zero attached hydrogens (tertiary/aromatic N) is 1. The zero-order chi connectivity index (χ0) is 12.2. The number of hydrogen-bond donors (Lipinski definition) is 2. The van der Waals surface area contributed by atoms with E-state index < -0.39 is 0 Å². The molecule has 0 saturated carbocycles. The molecule has 0 bridgehead atoms. The molecule has 4 nitrogen and oxygen atoms in total. The molecular formula is C12H21N3O. The van der Waals surface area contributed by atoms with Gasteiger partial charge in [0, 0.05) is 12.5 Å². The summed E-state index contributed by atoms with van der Waals surface area (Å²) in [5.74, 6) is 1.09. The van der Waals surface area contributed by atoms with Gasteiger partial charge in [-0.3, -0.25) is 9.89 Å². The fourth-order valence-electron chi connectivity index (χ4n) is 1.96. The molecular weight excluding hydrogens is 202 g/mol. The highest BCUT2D eigenvalue weighted by Crippen LogP contribution is 2.25. The van der Waals surface area contributed by atoms with Gasteiger partial charge in [-0.2, -0.15) is 5.10 Å². The van der Waals surface area contributed by atoms with Gasteiger partial charge in [0.1, 0.15) is 5.82 Å². The smallest absolute Gasteiger partial charge is 0.225 e. The van der Waals surface area contributed by atoms with Crippen molar-refractivity contribution in [2.75, 3.05) is 5.32 Å². The summed E-state index contributed by atoms with van der Waals surface area (Å²) < 4.78 is 0. The van der Waals surface area contributed by atoms with Crippen molar-refractivity contribution in [1.82, 2.24) is 10.2 Å². The molecule has 0 saturated heterocycles. The first-order chi connectivity index (χ1) is 7.37. The molecule has 0 aliphatic rings. The molecule has 1 rings (SSSR count). The minimum atomic E-state index is 0.0426. The van der Waals surface area contributed by atoms with Gasteiger partial charge in [0.05, 0.1) is 6.20 Å². The summed E-state index contributed by atoms with van der Waals surface area (Å²) in [4.78, 5) is 11.6. The van der Waals surface area contributed by atoms with Crippen LogP contribution < -0.4 is 5.32 Å². The van der Waals surface area contributed by atoms with E-state index in [2.05, 4.69) is 43.2 Å². The molecule has 0 radical (unpaired) electrons. The first kappa shape index (κ1) is 12.7. The van der Waals surface area contributed by atoms with Crippen LogP contribution in [0.4, 0.5) is 5.82 Å². The van der Waals surface area contributed by atoms with Gasteiger partial charge in [0.2, 0.25) is 5.91 Å². The number of aromatic amines is 1. The summed E-state index contributed by atoms with van der Waals surface area (Å²) in [5.41, 5.74) is 0.272. The molecule has 16 heavy (non-hydrogen) atoms. The van der Waals surface area contributed by atoms with E-state index in [1.807, 2.05) is 0 Å². The molecule has 1 unspecified atom stereocenters. The zero-order valence-electron chi connectivity index (χ0n) is 10.5. The third-order valence-electron chi connectivity index (χ3n) is 2.27. The third-order valence-corrected chi connectivity index (χ3v) is 2.27. The summed E-state index contributed by atoms with van der Waals surface area (Å²) in [6, 6.07) is 1.74. The van der Waals surface area contributed by atoms with E-state index in [4.69, 9.17) is 0 Å². The van der Waals surface area contributed by atoms with Crippen molar-refractivity contribution in [3.63, 3.8) is 0 Å². The molecule has 0 aromatic carbocycles. The average Bonchev–Trinajstić information content (AvgIpc) is 2.51. The van der Waals surface area contributed by atoms with Crippen LogP contribution in [-0.2, 0) is 4.79 Å². The van der Waals surface area contributed by atoms with Crippen molar-refractivity contribution in [2.45, 2.75) is 40.5 Å². The van der Waals surface area contributed by atoms with Crippen LogP contribution in [0.25, 0.3) is 0 Å². The molecule has 1 amide bonds. The van der Waals surface area contributed by atoms with Crippen molar-refractivity contribution in [3.05, 3.63) is 12.3 Å². The second kappa shape index (κ2) is 5.14. The first-order valence-corrected chi connectivity index (χ1v) is 5.66. The first-order valence-electron chi connectivity index (χ1n) is 5.66. The van der Waals surface area contributed by atoms with E-state index >= 15 is 0 Å². The molecule has 90 valence electrons. The largest absolute Gasteiger partial charge is 0.311 e. The molecule has 1 heterocycles. The highest BCUT2D eigenvalue weighted by atomic mass is 16.1. The van der Waals surface area contributed by atoms with Gasteiger partial charge >= 0.3 is 0 Å². The fraction of sp³-hybridized carbons (Fsp3) is 0.667. The molecule has 0 fully saturated rings. The van der Waals surface area contributed by atoms with Crippen LogP contribution in [0.5, 0.6) is 0 Å². The predicted molar refractivity (Wildman–Crippen MR) is 65.1 cm³/mol. The van der Waals surface area contributed by atoms with E-state index in [0.717, 1.165) is 6.42 Å². The van der Waals surface area contributed by atoms with Crippen molar-refractivity contribution in [2.24, 2.45) is 11.3 Å². The van der Waals surface area contributed by atoms with Crippen molar-refractivity contribution < 1.29 is 4.79 Å². The lowest BCUT2D eigenvalue weighted by Gasteiger charge is -2.22. The lowest BCUT2D eigenvalue weighted by atomic mass is 9.84. The quantitative estimate of drug-likeness (QED) is 0.824. The molecule has 0 aliphatic carbocycles. The molecule has 0 aliphatic heterocycles. The third kappa shape index (κ3) is 4.96. The second-order valence-electron chi connectivity index (χ2n) is 5.59. The lowest BCUT2D eigenvalue weighted by molar-refractivity contribution is -0.117. The predicted octanol–water partition coefficient (Wildman–Crippen LogP) is 2.81. The standard InChI is InChI=1S/C12H21N3O/c1-9(8-12(2,3)4)7-11(16)14-10-5-6-13-15-10/h5-6,9H,7-8H2,1-4H3,(H2,13,14,15,16). The van der Waals surface area contributed by atoms with Crippen LogP contribution in [-0.4, -0.2) is 16.1 Å². The highest BCUT2D eigenvalue weighted by molar-refractivity contribution is 5.89. The number of carbonyl (C=O) groups excluding carboxylic acids is 1. The Balaban J connectivity index is 2.34. The summed E-state index contributed by atoms with van der Waals surface area (Å²) in [5, 5.41) is 9.26. The number of nitrogens with one attached hydrogen (secondary N) is 2. The fourth-order valence-corrected chi connectivity index (χ4v) is 1.96. The highest BCUT2D eigenvalue weighted by Gasteiger charge is 2.17. The van der Waals surface area contributed by atoms with Gasteiger partial charge in [-0.1, -0.05) is 27.7 Å². The topological polar surface area (TPSA) is 57.8 Å². The zero-order valence-corrected chi connectivity index (χ0v) is 10.5. The number of H-pyrrole nitrogens is 1. The molecule has 2 N–H and O–H groups in total. The number of rotatable bonds is 4. The van der Waals surface area contributed by atoms with Gasteiger partial charge in [0.25, 0.3) is 0 Å². The van der Waals surface area contributed by atoms with Crippen molar-refractivity contribution >= 4 is 11.7 Å². The average molecular weight is 223 g/mol. The number of hydrogen-bond acceptors (Lipinski definition) is 2. The Morgan fingerprint density at radius 1 is 1.56 bits per heavy atom. The number of anilines is 1. The van der Waals surface area contributed by atoms with Crippen LogP contribution in [0.15, 0.2) is 12.3 Å². The summed E-state index contributed by atoms with van der Waals surface area (Å²) in [6.45, 7) is 8.68. The normalized spacial score (nSPS) is 13.5. The van der Waals surface area contributed by atoms with Gasteiger partial charge in [0.15, 0.2) is 0 Å². The molecule has 0 spiro atoms. The molecule has 1 aromatic rings. The monoisotopic (exact) mass is 223 g/mol. The van der Waals surface area contributed by atoms with Crippen LogP contribution >= 0.6 is 0 Å². The minimum absolute atomic E-state index is 0.0426. The Morgan fingerprint density at radius 3 is 2.75 bits per heavy atom.